The molecule has 0 aliphatic rings. The number of hydrogen-bond acceptors (Lipinski definition) is 3. The van der Waals surface area contributed by atoms with E-state index in [1.807, 2.05) is 21.0 Å². The van der Waals surface area contributed by atoms with E-state index < -0.39 is 0 Å². The zero-order chi connectivity index (χ0) is 7.98. The lowest BCUT2D eigenvalue weighted by Crippen LogP contribution is -2.22. The van der Waals surface area contributed by atoms with Crippen molar-refractivity contribution >= 4 is 5.97 Å². The molecule has 0 fully saturated rings. The highest BCUT2D eigenvalue weighted by molar-refractivity contribution is 5.71. The number of likely N-dealkylation sites (N-methyl/N-ethyl adjacent to an activating group) is 1. The van der Waals surface area contributed by atoms with Crippen LogP contribution >= 0.6 is 0 Å². The summed E-state index contributed by atoms with van der Waals surface area (Å²) in [5.74, 6) is -0.202. The van der Waals surface area contributed by atoms with Crippen molar-refractivity contribution in [1.29, 1.82) is 0 Å². The van der Waals surface area contributed by atoms with Gasteiger partial charge < -0.3 is 4.74 Å². The molecule has 0 N–H and O–H groups in total. The Morgan fingerprint density at radius 3 is 2.60 bits per heavy atom. The van der Waals surface area contributed by atoms with Crippen molar-refractivity contribution in [2.24, 2.45) is 0 Å². The Morgan fingerprint density at radius 1 is 1.60 bits per heavy atom. The molecule has 0 heterocycles. The fourth-order valence-electron chi connectivity index (χ4n) is 0.472. The molecule has 3 heteroatoms. The fraction of sp³-hybridized carbons (Fsp3) is 0.714. The lowest BCUT2D eigenvalue weighted by molar-refractivity contribution is -0.140. The van der Waals surface area contributed by atoms with E-state index in [4.69, 9.17) is 4.74 Å². The molecule has 10 heavy (non-hydrogen) atoms. The van der Waals surface area contributed by atoms with Crippen LogP contribution in [0.1, 0.15) is 13.3 Å². The van der Waals surface area contributed by atoms with Gasteiger partial charge in [0.2, 0.25) is 0 Å². The van der Waals surface area contributed by atoms with Crippen LogP contribution < -0.4 is 0 Å². The summed E-state index contributed by atoms with van der Waals surface area (Å²) in [6.07, 6.45) is 0.763. The Hall–Kier alpha value is -0.570. The molecule has 0 aliphatic heterocycles. The molecule has 0 aromatic carbocycles. The monoisotopic (exact) mass is 144 g/mol. The summed E-state index contributed by atoms with van der Waals surface area (Å²) < 4.78 is 4.70. The van der Waals surface area contributed by atoms with Gasteiger partial charge in [-0.15, -0.1) is 0 Å². The summed E-state index contributed by atoms with van der Waals surface area (Å²) in [5, 5.41) is 0. The van der Waals surface area contributed by atoms with Crippen LogP contribution in [0, 0.1) is 6.61 Å². The first-order valence-electron chi connectivity index (χ1n) is 3.32. The third-order valence-electron chi connectivity index (χ3n) is 0.827. The summed E-state index contributed by atoms with van der Waals surface area (Å²) in [6, 6.07) is 0. The van der Waals surface area contributed by atoms with E-state index in [0.717, 1.165) is 6.42 Å². The average Bonchev–Trinajstić information content (AvgIpc) is 1.82. The van der Waals surface area contributed by atoms with E-state index in [9.17, 15) is 4.79 Å². The van der Waals surface area contributed by atoms with Gasteiger partial charge in [-0.05, 0) is 20.5 Å². The van der Waals surface area contributed by atoms with Gasteiger partial charge in [0.05, 0.1) is 6.54 Å². The molecule has 59 valence electrons. The van der Waals surface area contributed by atoms with E-state index in [1.54, 1.807) is 4.90 Å². The number of rotatable bonds is 4. The number of ether oxygens (including phenoxy) is 1. The number of carbonyl (C=O) groups excluding carboxylic acids is 1. The van der Waals surface area contributed by atoms with Crippen LogP contribution in [0.15, 0.2) is 0 Å². The predicted molar refractivity (Wildman–Crippen MR) is 39.2 cm³/mol. The van der Waals surface area contributed by atoms with Gasteiger partial charge in [-0.1, -0.05) is 6.92 Å². The lowest BCUT2D eigenvalue weighted by Gasteiger charge is -2.07. The number of nitrogens with zero attached hydrogens (tertiary/aromatic N) is 1. The van der Waals surface area contributed by atoms with Gasteiger partial charge in [-0.2, -0.15) is 0 Å². The third kappa shape index (κ3) is 5.56. The molecule has 0 bridgehead atoms. The Labute approximate surface area is 62.0 Å². The van der Waals surface area contributed by atoms with Crippen molar-refractivity contribution in [2.45, 2.75) is 13.3 Å². The smallest absolute Gasteiger partial charge is 0.320 e. The largest absolute Gasteiger partial charge is 0.457 e. The minimum atomic E-state index is -0.202. The highest BCUT2D eigenvalue weighted by Crippen LogP contribution is 1.89. The van der Waals surface area contributed by atoms with Gasteiger partial charge >= 0.3 is 5.97 Å². The molecule has 0 aliphatic carbocycles. The molecule has 0 aromatic heterocycles. The standard InChI is InChI=1S/C7H14NO2/c1-4-5-10-7(9)6-8(2)3/h5H,4,6H2,1-3H3. The summed E-state index contributed by atoms with van der Waals surface area (Å²) >= 11 is 0. The van der Waals surface area contributed by atoms with Crippen molar-refractivity contribution in [2.75, 3.05) is 20.6 Å². The van der Waals surface area contributed by atoms with E-state index in [2.05, 4.69) is 0 Å². The van der Waals surface area contributed by atoms with E-state index in [0.29, 0.717) is 6.54 Å². The number of esters is 1. The highest BCUT2D eigenvalue weighted by Gasteiger charge is 2.02. The Balaban J connectivity index is 3.26. The first-order valence-corrected chi connectivity index (χ1v) is 3.32. The van der Waals surface area contributed by atoms with Crippen LogP contribution in [-0.2, 0) is 9.53 Å². The molecular formula is C7H14NO2. The normalized spacial score (nSPS) is 10.0. The van der Waals surface area contributed by atoms with Crippen molar-refractivity contribution in [3.63, 3.8) is 0 Å². The molecule has 3 nitrogen and oxygen atoms in total. The van der Waals surface area contributed by atoms with Gasteiger partial charge in [0.1, 0.15) is 6.61 Å². The van der Waals surface area contributed by atoms with Crippen LogP contribution in [0.4, 0.5) is 0 Å². The molecule has 0 aromatic rings. The van der Waals surface area contributed by atoms with Crippen molar-refractivity contribution in [3.05, 3.63) is 6.61 Å². The molecule has 0 spiro atoms. The molecule has 0 saturated carbocycles. The second-order valence-corrected chi connectivity index (χ2v) is 2.30. The highest BCUT2D eigenvalue weighted by atomic mass is 16.5. The van der Waals surface area contributed by atoms with Gasteiger partial charge in [0.25, 0.3) is 0 Å². The SMILES string of the molecule is CC[CH]OC(=O)CN(C)C. The van der Waals surface area contributed by atoms with Crippen LogP contribution in [-0.4, -0.2) is 31.5 Å². The van der Waals surface area contributed by atoms with Crippen molar-refractivity contribution < 1.29 is 9.53 Å². The zero-order valence-electron chi connectivity index (χ0n) is 6.76. The van der Waals surface area contributed by atoms with Crippen molar-refractivity contribution in [1.82, 2.24) is 4.90 Å². The Morgan fingerprint density at radius 2 is 2.20 bits per heavy atom. The average molecular weight is 144 g/mol. The zero-order valence-corrected chi connectivity index (χ0v) is 6.76. The molecule has 0 unspecified atom stereocenters. The number of hydrogen-bond donors (Lipinski definition) is 0. The second kappa shape index (κ2) is 5.23. The van der Waals surface area contributed by atoms with E-state index in [1.165, 1.54) is 6.61 Å². The molecule has 0 saturated heterocycles. The van der Waals surface area contributed by atoms with Crippen LogP contribution in [0.25, 0.3) is 0 Å². The summed E-state index contributed by atoms with van der Waals surface area (Å²) in [4.78, 5) is 12.5. The molecule has 0 atom stereocenters. The van der Waals surface area contributed by atoms with Crippen molar-refractivity contribution in [3.8, 4) is 0 Å². The third-order valence-corrected chi connectivity index (χ3v) is 0.827. The number of carbonyl (C=O) groups is 1. The van der Waals surface area contributed by atoms with Gasteiger partial charge in [-0.25, -0.2) is 0 Å². The molecule has 0 amide bonds. The molecular weight excluding hydrogens is 130 g/mol. The minimum Gasteiger partial charge on any atom is -0.457 e. The summed E-state index contributed by atoms with van der Waals surface area (Å²) in [5.41, 5.74) is 0. The Bertz CT molecular complexity index is 102. The van der Waals surface area contributed by atoms with Crippen LogP contribution in [0.3, 0.4) is 0 Å². The first-order chi connectivity index (χ1) is 4.66. The Kier molecular flexibility index (Phi) is 4.94. The first kappa shape index (κ1) is 9.43. The quantitative estimate of drug-likeness (QED) is 0.543. The van der Waals surface area contributed by atoms with E-state index >= 15 is 0 Å². The van der Waals surface area contributed by atoms with Crippen LogP contribution in [0.2, 0.25) is 0 Å². The summed E-state index contributed by atoms with van der Waals surface area (Å²) in [6.45, 7) is 3.77. The van der Waals surface area contributed by atoms with E-state index in [-0.39, 0.29) is 5.97 Å². The second-order valence-electron chi connectivity index (χ2n) is 2.30. The predicted octanol–water partition coefficient (Wildman–Crippen LogP) is 0.663. The minimum absolute atomic E-state index is 0.202. The maximum atomic E-state index is 10.7. The maximum Gasteiger partial charge on any atom is 0.320 e. The maximum absolute atomic E-state index is 10.7. The molecule has 1 radical (unpaired) electrons. The van der Waals surface area contributed by atoms with Gasteiger partial charge in [-0.3, -0.25) is 9.69 Å². The van der Waals surface area contributed by atoms with Gasteiger partial charge in [0, 0.05) is 0 Å². The van der Waals surface area contributed by atoms with Crippen LogP contribution in [0.5, 0.6) is 0 Å². The molecule has 0 rings (SSSR count). The topological polar surface area (TPSA) is 29.5 Å². The summed E-state index contributed by atoms with van der Waals surface area (Å²) in [7, 11) is 3.65. The fourth-order valence-corrected chi connectivity index (χ4v) is 0.472. The van der Waals surface area contributed by atoms with Gasteiger partial charge in [0.15, 0.2) is 0 Å². The lowest BCUT2D eigenvalue weighted by atomic mass is 10.5.